The molecule has 0 aromatic heterocycles. The van der Waals surface area contributed by atoms with Gasteiger partial charge in [0.15, 0.2) is 0 Å². The number of nitriles is 1. The lowest BCUT2D eigenvalue weighted by molar-refractivity contribution is -0.114. The van der Waals surface area contributed by atoms with Crippen molar-refractivity contribution in [1.29, 1.82) is 5.26 Å². The zero-order valence-electron chi connectivity index (χ0n) is 27.1. The number of amides is 1. The van der Waals surface area contributed by atoms with E-state index in [1.807, 2.05) is 39.5 Å². The lowest BCUT2D eigenvalue weighted by atomic mass is 9.65. The van der Waals surface area contributed by atoms with Crippen LogP contribution in [0.15, 0.2) is 60.3 Å². The van der Waals surface area contributed by atoms with Gasteiger partial charge in [-0.25, -0.2) is 13.6 Å². The maximum atomic E-state index is 16.2. The maximum absolute atomic E-state index is 16.2. The highest BCUT2D eigenvalue weighted by Crippen LogP contribution is 2.59. The standard InChI is InChI=1S/C36H35Cl2F2N3O4/c1-19(2)32-42(21-12-13-22(34(45)47-7)27(16-21)46-6)33(44)31-29(23-9-8-10-25(38)30(23)40)36(18-41,24-14-11-20(37)15-26(24)39)28(43(31)32)17-35(3,4)5/h8-16,19,28,32H,17H2,1-7H3/t28-,32+,36-/m0/s1. The summed E-state index contributed by atoms with van der Waals surface area (Å²) in [5, 5.41) is 11.2. The van der Waals surface area contributed by atoms with Gasteiger partial charge in [0.2, 0.25) is 0 Å². The smallest absolute Gasteiger partial charge is 0.341 e. The minimum Gasteiger partial charge on any atom is -0.496 e. The van der Waals surface area contributed by atoms with Crippen molar-refractivity contribution < 1.29 is 27.8 Å². The lowest BCUT2D eigenvalue weighted by Gasteiger charge is -2.44. The summed E-state index contributed by atoms with van der Waals surface area (Å²) >= 11 is 12.5. The molecule has 0 N–H and O–H groups in total. The second-order valence-electron chi connectivity index (χ2n) is 13.3. The van der Waals surface area contributed by atoms with Crippen molar-refractivity contribution in [2.75, 3.05) is 19.1 Å². The van der Waals surface area contributed by atoms with Crippen LogP contribution in [0.25, 0.3) is 5.57 Å². The Bertz CT molecular complexity index is 1850. The first-order chi connectivity index (χ1) is 22.1. The predicted molar refractivity (Wildman–Crippen MR) is 177 cm³/mol. The number of hydrogen-bond acceptors (Lipinski definition) is 6. The topological polar surface area (TPSA) is 82.9 Å². The Labute approximate surface area is 283 Å². The highest BCUT2D eigenvalue weighted by atomic mass is 35.5. The van der Waals surface area contributed by atoms with Crippen LogP contribution < -0.4 is 9.64 Å². The zero-order chi connectivity index (χ0) is 34.6. The molecule has 2 heterocycles. The van der Waals surface area contributed by atoms with Crippen LogP contribution in [0.5, 0.6) is 5.75 Å². The predicted octanol–water partition coefficient (Wildman–Crippen LogP) is 8.39. The van der Waals surface area contributed by atoms with Gasteiger partial charge in [0.1, 0.15) is 40.2 Å². The fourth-order valence-corrected chi connectivity index (χ4v) is 7.25. The SMILES string of the molecule is COC(=O)c1ccc(N2C(=O)C3=C(c4cccc(Cl)c4F)[C@@](C#N)(c4ccc(Cl)cc4F)[C@H](CC(C)(C)C)N3[C@@H]2C(C)C)cc1OC. The van der Waals surface area contributed by atoms with Gasteiger partial charge in [0.25, 0.3) is 5.91 Å². The molecule has 5 rings (SSSR count). The van der Waals surface area contributed by atoms with Crippen LogP contribution in [0.3, 0.4) is 0 Å². The Morgan fingerprint density at radius 2 is 1.79 bits per heavy atom. The monoisotopic (exact) mass is 681 g/mol. The molecule has 0 radical (unpaired) electrons. The molecule has 3 atom stereocenters. The number of methoxy groups -OCH3 is 2. The molecule has 0 aliphatic carbocycles. The molecular weight excluding hydrogens is 647 g/mol. The van der Waals surface area contributed by atoms with Gasteiger partial charge in [-0.05, 0) is 48.1 Å². The third kappa shape index (κ3) is 5.51. The molecule has 0 bridgehead atoms. The molecule has 1 saturated heterocycles. The average Bonchev–Trinajstić information content (AvgIpc) is 3.46. The molecule has 7 nitrogen and oxygen atoms in total. The minimum absolute atomic E-state index is 0.0202. The van der Waals surface area contributed by atoms with E-state index in [1.54, 1.807) is 17.0 Å². The molecule has 2 aliphatic heterocycles. The van der Waals surface area contributed by atoms with Gasteiger partial charge in [-0.2, -0.15) is 5.26 Å². The van der Waals surface area contributed by atoms with Crippen molar-refractivity contribution in [3.05, 3.63) is 98.7 Å². The fourth-order valence-electron chi connectivity index (χ4n) is 6.92. The van der Waals surface area contributed by atoms with Crippen LogP contribution in [0.4, 0.5) is 14.5 Å². The number of hydrogen-bond donors (Lipinski definition) is 0. The summed E-state index contributed by atoms with van der Waals surface area (Å²) in [6.45, 7) is 9.82. The fraction of sp³-hybridized carbons (Fsp3) is 0.361. The maximum Gasteiger partial charge on any atom is 0.341 e. The number of benzene rings is 3. The molecule has 3 aromatic carbocycles. The summed E-state index contributed by atoms with van der Waals surface area (Å²) in [5.74, 6) is -2.80. The molecule has 1 fully saturated rings. The van der Waals surface area contributed by atoms with E-state index in [9.17, 15) is 14.9 Å². The highest BCUT2D eigenvalue weighted by Gasteiger charge is 2.64. The van der Waals surface area contributed by atoms with E-state index in [-0.39, 0.29) is 49.7 Å². The molecule has 11 heteroatoms. The molecule has 0 unspecified atom stereocenters. The Morgan fingerprint density at radius 3 is 2.36 bits per heavy atom. The molecule has 0 saturated carbocycles. The molecule has 0 spiro atoms. The number of halogens is 4. The lowest BCUT2D eigenvalue weighted by Crippen LogP contribution is -2.53. The van der Waals surface area contributed by atoms with E-state index in [0.717, 1.165) is 6.07 Å². The molecule has 47 heavy (non-hydrogen) atoms. The highest BCUT2D eigenvalue weighted by molar-refractivity contribution is 6.31. The largest absolute Gasteiger partial charge is 0.496 e. The number of esters is 1. The van der Waals surface area contributed by atoms with E-state index >= 15 is 8.78 Å². The summed E-state index contributed by atoms with van der Waals surface area (Å²) in [5.41, 5.74) is -1.75. The molecular formula is C36H35Cl2F2N3O4. The van der Waals surface area contributed by atoms with Crippen LogP contribution in [-0.4, -0.2) is 43.2 Å². The number of carbonyl (C=O) groups excluding carboxylic acids is 2. The number of anilines is 1. The summed E-state index contributed by atoms with van der Waals surface area (Å²) in [7, 11) is 2.66. The van der Waals surface area contributed by atoms with Crippen molar-refractivity contribution in [2.45, 2.75) is 58.7 Å². The zero-order valence-corrected chi connectivity index (χ0v) is 28.6. The first-order valence-electron chi connectivity index (χ1n) is 15.1. The quantitative estimate of drug-likeness (QED) is 0.233. The number of fused-ring (bicyclic) bond motifs is 1. The summed E-state index contributed by atoms with van der Waals surface area (Å²) in [6, 6.07) is 14.6. The summed E-state index contributed by atoms with van der Waals surface area (Å²) in [6.07, 6.45) is -0.395. The van der Waals surface area contributed by atoms with Crippen LogP contribution in [0, 0.1) is 34.3 Å². The van der Waals surface area contributed by atoms with Gasteiger partial charge in [-0.1, -0.05) is 76.0 Å². The van der Waals surface area contributed by atoms with Crippen LogP contribution in [0.2, 0.25) is 10.0 Å². The van der Waals surface area contributed by atoms with Crippen molar-refractivity contribution in [1.82, 2.24) is 4.90 Å². The van der Waals surface area contributed by atoms with Crippen LogP contribution in [-0.2, 0) is 14.9 Å². The molecule has 3 aromatic rings. The molecule has 1 amide bonds. The van der Waals surface area contributed by atoms with Crippen molar-refractivity contribution in [3.63, 3.8) is 0 Å². The third-order valence-corrected chi connectivity index (χ3v) is 9.25. The second kappa shape index (κ2) is 12.5. The average molecular weight is 683 g/mol. The van der Waals surface area contributed by atoms with Crippen LogP contribution >= 0.6 is 23.2 Å². The van der Waals surface area contributed by atoms with Crippen LogP contribution in [0.1, 0.15) is 62.5 Å². The van der Waals surface area contributed by atoms with Gasteiger partial charge in [-0.15, -0.1) is 0 Å². The first-order valence-corrected chi connectivity index (χ1v) is 15.8. The van der Waals surface area contributed by atoms with E-state index in [2.05, 4.69) is 6.07 Å². The Hall–Kier alpha value is -4.13. The summed E-state index contributed by atoms with van der Waals surface area (Å²) in [4.78, 5) is 30.8. The Balaban J connectivity index is 1.91. The number of ether oxygens (including phenoxy) is 2. The van der Waals surface area contributed by atoms with E-state index in [4.69, 9.17) is 32.7 Å². The van der Waals surface area contributed by atoms with Gasteiger partial charge in [0, 0.05) is 33.5 Å². The minimum atomic E-state index is -1.86. The van der Waals surface area contributed by atoms with E-state index < -0.39 is 46.5 Å². The molecule has 246 valence electrons. The van der Waals surface area contributed by atoms with Crippen molar-refractivity contribution in [2.24, 2.45) is 11.3 Å². The third-order valence-electron chi connectivity index (χ3n) is 8.72. The van der Waals surface area contributed by atoms with E-state index in [0.29, 0.717) is 12.1 Å². The Kier molecular flexibility index (Phi) is 9.08. The number of nitrogens with zero attached hydrogens (tertiary/aromatic N) is 3. The van der Waals surface area contributed by atoms with Gasteiger partial charge < -0.3 is 14.4 Å². The van der Waals surface area contributed by atoms with Crippen molar-refractivity contribution >= 4 is 46.3 Å². The second-order valence-corrected chi connectivity index (χ2v) is 14.1. The number of rotatable bonds is 7. The van der Waals surface area contributed by atoms with E-state index in [1.165, 1.54) is 50.6 Å². The van der Waals surface area contributed by atoms with Gasteiger partial charge in [-0.3, -0.25) is 9.69 Å². The molecule has 2 aliphatic rings. The first kappa shape index (κ1) is 34.2. The summed E-state index contributed by atoms with van der Waals surface area (Å²) < 4.78 is 42.7. The van der Waals surface area contributed by atoms with Gasteiger partial charge in [0.05, 0.1) is 31.4 Å². The normalized spacial score (nSPS) is 21.0. The Morgan fingerprint density at radius 1 is 1.09 bits per heavy atom. The van der Waals surface area contributed by atoms with Gasteiger partial charge >= 0.3 is 5.97 Å². The number of carbonyl (C=O) groups is 2. The van der Waals surface area contributed by atoms with Crippen molar-refractivity contribution in [3.8, 4) is 11.8 Å².